The number of hydrogen-bond acceptors (Lipinski definition) is 6. The van der Waals surface area contributed by atoms with Gasteiger partial charge in [-0.25, -0.2) is 0 Å². The molecular formula is C18H25N3O2S. The summed E-state index contributed by atoms with van der Waals surface area (Å²) >= 11 is 2.05. The van der Waals surface area contributed by atoms with Gasteiger partial charge in [-0.2, -0.15) is 16.7 Å². The lowest BCUT2D eigenvalue weighted by Crippen LogP contribution is -2.29. The fraction of sp³-hybridized carbons (Fsp3) is 0.556. The minimum atomic E-state index is 0.646. The van der Waals surface area contributed by atoms with Crippen molar-refractivity contribution in [1.82, 2.24) is 15.5 Å². The van der Waals surface area contributed by atoms with E-state index in [1.807, 2.05) is 24.3 Å². The van der Waals surface area contributed by atoms with E-state index in [4.69, 9.17) is 9.26 Å². The van der Waals surface area contributed by atoms with E-state index in [1.54, 1.807) is 7.11 Å². The van der Waals surface area contributed by atoms with E-state index >= 15 is 0 Å². The van der Waals surface area contributed by atoms with Crippen LogP contribution in [0, 0.1) is 0 Å². The van der Waals surface area contributed by atoms with Gasteiger partial charge in [-0.05, 0) is 55.8 Å². The first-order valence-corrected chi connectivity index (χ1v) is 9.79. The highest BCUT2D eigenvalue weighted by Gasteiger charge is 2.13. The minimum absolute atomic E-state index is 0.646. The molecule has 1 N–H and O–H groups in total. The molecule has 2 aromatic rings. The van der Waals surface area contributed by atoms with Gasteiger partial charge in [-0.1, -0.05) is 11.6 Å². The number of aromatic nitrogens is 2. The number of nitrogens with one attached hydrogen (secondary N) is 1. The second-order valence-corrected chi connectivity index (χ2v) is 7.22. The molecule has 0 spiro atoms. The molecule has 1 aromatic carbocycles. The van der Waals surface area contributed by atoms with Crippen molar-refractivity contribution < 1.29 is 9.26 Å². The Balaban J connectivity index is 1.36. The van der Waals surface area contributed by atoms with E-state index in [2.05, 4.69) is 27.2 Å². The summed E-state index contributed by atoms with van der Waals surface area (Å²) in [5.41, 5.74) is 0.949. The average molecular weight is 347 g/mol. The summed E-state index contributed by atoms with van der Waals surface area (Å²) in [5.74, 6) is 4.78. The molecule has 1 saturated heterocycles. The number of thioether (sulfide) groups is 1. The van der Waals surface area contributed by atoms with E-state index in [0.29, 0.717) is 5.82 Å². The zero-order valence-corrected chi connectivity index (χ0v) is 15.0. The minimum Gasteiger partial charge on any atom is -0.497 e. The van der Waals surface area contributed by atoms with E-state index in [1.165, 1.54) is 30.8 Å². The third-order valence-corrected chi connectivity index (χ3v) is 5.41. The second kappa shape index (κ2) is 9.08. The van der Waals surface area contributed by atoms with Crippen LogP contribution in [0.4, 0.5) is 0 Å². The Morgan fingerprint density at radius 1 is 1.25 bits per heavy atom. The Morgan fingerprint density at radius 2 is 2.12 bits per heavy atom. The summed E-state index contributed by atoms with van der Waals surface area (Å²) in [6.45, 7) is 1.12. The molecule has 0 unspecified atom stereocenters. The molecule has 0 saturated carbocycles. The number of ether oxygens (including phenoxy) is 1. The predicted molar refractivity (Wildman–Crippen MR) is 97.6 cm³/mol. The van der Waals surface area contributed by atoms with E-state index in [-0.39, 0.29) is 0 Å². The zero-order chi connectivity index (χ0) is 16.6. The topological polar surface area (TPSA) is 60.2 Å². The summed E-state index contributed by atoms with van der Waals surface area (Å²) in [7, 11) is 1.66. The van der Waals surface area contributed by atoms with Gasteiger partial charge in [0, 0.05) is 23.8 Å². The largest absolute Gasteiger partial charge is 0.497 e. The van der Waals surface area contributed by atoms with Crippen molar-refractivity contribution in [2.45, 2.75) is 38.1 Å². The highest BCUT2D eigenvalue weighted by Crippen LogP contribution is 2.20. The lowest BCUT2D eigenvalue weighted by molar-refractivity contribution is 0.373. The van der Waals surface area contributed by atoms with Gasteiger partial charge < -0.3 is 14.6 Å². The van der Waals surface area contributed by atoms with Crippen LogP contribution in [0.3, 0.4) is 0 Å². The normalized spacial score (nSPS) is 17.3. The fourth-order valence-corrected chi connectivity index (χ4v) is 3.98. The number of benzene rings is 1. The molecule has 1 aromatic heterocycles. The quantitative estimate of drug-likeness (QED) is 0.700. The molecular weight excluding hydrogens is 322 g/mol. The first kappa shape index (κ1) is 17.3. The van der Waals surface area contributed by atoms with Gasteiger partial charge >= 0.3 is 0 Å². The van der Waals surface area contributed by atoms with Crippen molar-refractivity contribution in [2.75, 3.05) is 25.2 Å². The van der Waals surface area contributed by atoms with Crippen LogP contribution in [-0.2, 0) is 6.42 Å². The molecule has 24 heavy (non-hydrogen) atoms. The molecule has 1 atom stereocenters. The van der Waals surface area contributed by atoms with E-state index < -0.39 is 0 Å². The van der Waals surface area contributed by atoms with Crippen LogP contribution in [0.15, 0.2) is 28.8 Å². The zero-order valence-electron chi connectivity index (χ0n) is 14.2. The number of rotatable bonds is 9. The molecule has 0 amide bonds. The molecule has 0 aliphatic carbocycles. The highest BCUT2D eigenvalue weighted by atomic mass is 32.2. The van der Waals surface area contributed by atoms with Gasteiger partial charge in [0.2, 0.25) is 11.7 Å². The van der Waals surface area contributed by atoms with Crippen LogP contribution in [-0.4, -0.2) is 41.3 Å². The Morgan fingerprint density at radius 3 is 2.88 bits per heavy atom. The van der Waals surface area contributed by atoms with Gasteiger partial charge in [0.05, 0.1) is 7.11 Å². The Bertz CT molecular complexity index is 609. The first-order valence-electron chi connectivity index (χ1n) is 8.63. The number of hydrogen-bond donors (Lipinski definition) is 1. The molecule has 2 heterocycles. The fourth-order valence-electron chi connectivity index (χ4n) is 2.79. The van der Waals surface area contributed by atoms with Crippen LogP contribution in [0.1, 0.15) is 31.6 Å². The van der Waals surface area contributed by atoms with Gasteiger partial charge in [0.25, 0.3) is 0 Å². The molecule has 6 heteroatoms. The number of unbranched alkanes of at least 4 members (excludes halogenated alkanes) is 2. The highest BCUT2D eigenvalue weighted by molar-refractivity contribution is 7.99. The summed E-state index contributed by atoms with van der Waals surface area (Å²) in [6, 6.07) is 8.43. The van der Waals surface area contributed by atoms with Gasteiger partial charge in [-0.15, -0.1) is 0 Å². The van der Waals surface area contributed by atoms with Crippen LogP contribution in [0.2, 0.25) is 0 Å². The van der Waals surface area contributed by atoms with Crippen LogP contribution in [0.25, 0.3) is 11.4 Å². The second-order valence-electron chi connectivity index (χ2n) is 6.07. The SMILES string of the molecule is COc1ccc(-c2noc(CCCCCN[C@H]3CCSC3)n2)cc1. The maximum absolute atomic E-state index is 5.35. The monoisotopic (exact) mass is 347 g/mol. The molecule has 1 aliphatic heterocycles. The van der Waals surface area contributed by atoms with Crippen molar-refractivity contribution in [3.05, 3.63) is 30.2 Å². The molecule has 1 aliphatic rings. The Kier molecular flexibility index (Phi) is 6.55. The van der Waals surface area contributed by atoms with Gasteiger partial charge in [0.1, 0.15) is 5.75 Å². The summed E-state index contributed by atoms with van der Waals surface area (Å²) in [6.07, 6.45) is 5.66. The van der Waals surface area contributed by atoms with Crippen molar-refractivity contribution in [3.8, 4) is 17.1 Å². The summed E-state index contributed by atoms with van der Waals surface area (Å²) in [5, 5.41) is 7.70. The Labute approximate surface area is 147 Å². The summed E-state index contributed by atoms with van der Waals surface area (Å²) in [4.78, 5) is 4.48. The standard InChI is InChI=1S/C18H25N3O2S/c1-22-16-8-6-14(7-9-16)18-20-17(23-21-18)5-3-2-4-11-19-15-10-12-24-13-15/h6-9,15,19H,2-5,10-13H2,1H3/t15-/m0/s1. The first-order chi connectivity index (χ1) is 11.8. The van der Waals surface area contributed by atoms with Crippen molar-refractivity contribution in [3.63, 3.8) is 0 Å². The number of aryl methyl sites for hydroxylation is 1. The predicted octanol–water partition coefficient (Wildman–Crippen LogP) is 3.55. The molecule has 5 nitrogen and oxygen atoms in total. The smallest absolute Gasteiger partial charge is 0.226 e. The van der Waals surface area contributed by atoms with Crippen LogP contribution >= 0.6 is 11.8 Å². The van der Waals surface area contributed by atoms with Crippen LogP contribution < -0.4 is 10.1 Å². The lowest BCUT2D eigenvalue weighted by atomic mass is 10.2. The third-order valence-electron chi connectivity index (χ3n) is 4.25. The van der Waals surface area contributed by atoms with E-state index in [0.717, 1.165) is 42.6 Å². The maximum atomic E-state index is 5.35. The summed E-state index contributed by atoms with van der Waals surface area (Å²) < 4.78 is 10.5. The van der Waals surface area contributed by atoms with Crippen LogP contribution in [0.5, 0.6) is 5.75 Å². The number of nitrogens with zero attached hydrogens (tertiary/aromatic N) is 2. The maximum Gasteiger partial charge on any atom is 0.226 e. The van der Waals surface area contributed by atoms with Gasteiger partial charge in [-0.3, -0.25) is 0 Å². The molecule has 0 bridgehead atoms. The third kappa shape index (κ3) is 4.98. The van der Waals surface area contributed by atoms with Crippen molar-refractivity contribution in [2.24, 2.45) is 0 Å². The molecule has 3 rings (SSSR count). The average Bonchev–Trinajstić information content (AvgIpc) is 3.30. The number of methoxy groups -OCH3 is 1. The molecule has 1 fully saturated rings. The van der Waals surface area contributed by atoms with Crippen molar-refractivity contribution >= 4 is 11.8 Å². The lowest BCUT2D eigenvalue weighted by Gasteiger charge is -2.10. The van der Waals surface area contributed by atoms with E-state index in [9.17, 15) is 0 Å². The Hall–Kier alpha value is -1.53. The van der Waals surface area contributed by atoms with Crippen molar-refractivity contribution in [1.29, 1.82) is 0 Å². The molecule has 0 radical (unpaired) electrons. The van der Waals surface area contributed by atoms with Gasteiger partial charge in [0.15, 0.2) is 0 Å². The molecule has 130 valence electrons.